The van der Waals surface area contributed by atoms with E-state index in [0.717, 1.165) is 16.9 Å². The number of nitrogens with one attached hydrogen (secondary N) is 2. The summed E-state index contributed by atoms with van der Waals surface area (Å²) < 4.78 is 0.794. The summed E-state index contributed by atoms with van der Waals surface area (Å²) in [6.07, 6.45) is 0. The number of aromatic amines is 1. The zero-order valence-corrected chi connectivity index (χ0v) is 7.59. The summed E-state index contributed by atoms with van der Waals surface area (Å²) in [6, 6.07) is 3.96. The van der Waals surface area contributed by atoms with Gasteiger partial charge in [0.15, 0.2) is 0 Å². The molecule has 1 aromatic rings. The van der Waals surface area contributed by atoms with E-state index >= 15 is 0 Å². The minimum Gasteiger partial charge on any atom is -0.350 e. The molecule has 0 aliphatic carbocycles. The molecule has 0 bridgehead atoms. The first kappa shape index (κ1) is 8.43. The highest BCUT2D eigenvalue weighted by molar-refractivity contribution is 7.71. The molecule has 0 saturated heterocycles. The van der Waals surface area contributed by atoms with E-state index in [1.54, 1.807) is 0 Å². The largest absolute Gasteiger partial charge is 0.350 e. The first-order chi connectivity index (χ1) is 5.24. The van der Waals surface area contributed by atoms with Crippen molar-refractivity contribution in [1.82, 2.24) is 10.3 Å². The molecule has 0 aliphatic rings. The van der Waals surface area contributed by atoms with E-state index in [9.17, 15) is 0 Å². The van der Waals surface area contributed by atoms with Crippen molar-refractivity contribution >= 4 is 12.2 Å². The van der Waals surface area contributed by atoms with Gasteiger partial charge >= 0.3 is 0 Å². The van der Waals surface area contributed by atoms with Gasteiger partial charge in [0.05, 0.1) is 0 Å². The zero-order chi connectivity index (χ0) is 8.27. The van der Waals surface area contributed by atoms with Gasteiger partial charge in [-0.15, -0.1) is 0 Å². The van der Waals surface area contributed by atoms with E-state index in [4.69, 9.17) is 12.2 Å². The van der Waals surface area contributed by atoms with E-state index in [1.165, 1.54) is 5.56 Å². The van der Waals surface area contributed by atoms with Crippen molar-refractivity contribution < 1.29 is 0 Å². The lowest BCUT2D eigenvalue weighted by atomic mass is 10.2. The monoisotopic (exact) mass is 168 g/mol. The predicted molar refractivity (Wildman–Crippen MR) is 49.1 cm³/mol. The fourth-order valence-electron chi connectivity index (χ4n) is 0.990. The molecular weight excluding hydrogens is 156 g/mol. The molecule has 0 saturated carbocycles. The van der Waals surface area contributed by atoms with Crippen molar-refractivity contribution in [3.63, 3.8) is 0 Å². The molecule has 0 spiro atoms. The first-order valence-electron chi connectivity index (χ1n) is 3.57. The Labute approximate surface area is 71.7 Å². The van der Waals surface area contributed by atoms with Crippen LogP contribution in [-0.2, 0) is 6.54 Å². The number of H-pyrrole nitrogens is 1. The van der Waals surface area contributed by atoms with Crippen LogP contribution in [0.25, 0.3) is 0 Å². The fourth-order valence-corrected chi connectivity index (χ4v) is 1.21. The Bertz CT molecular complexity index is 290. The van der Waals surface area contributed by atoms with E-state index < -0.39 is 0 Å². The summed E-state index contributed by atoms with van der Waals surface area (Å²) in [6.45, 7) is 2.92. The van der Waals surface area contributed by atoms with Crippen molar-refractivity contribution in [1.29, 1.82) is 0 Å². The summed E-state index contributed by atoms with van der Waals surface area (Å²) in [4.78, 5) is 3.10. The normalized spacial score (nSPS) is 10.0. The second-order valence-electron chi connectivity index (χ2n) is 2.50. The fraction of sp³-hybridized carbons (Fsp3) is 0.375. The number of aryl methyl sites for hydroxylation is 1. The van der Waals surface area contributed by atoms with Crippen molar-refractivity contribution in [2.75, 3.05) is 7.05 Å². The van der Waals surface area contributed by atoms with Crippen LogP contribution in [0.2, 0.25) is 0 Å². The third-order valence-electron chi connectivity index (χ3n) is 1.60. The summed E-state index contributed by atoms with van der Waals surface area (Å²) in [7, 11) is 1.93. The minimum atomic E-state index is 0.794. The Balaban J connectivity index is 2.99. The minimum absolute atomic E-state index is 0.794. The van der Waals surface area contributed by atoms with Crippen LogP contribution < -0.4 is 5.32 Å². The van der Waals surface area contributed by atoms with Crippen molar-refractivity contribution in [2.45, 2.75) is 13.5 Å². The second-order valence-corrected chi connectivity index (χ2v) is 2.94. The molecule has 1 rings (SSSR count). The van der Waals surface area contributed by atoms with Gasteiger partial charge in [-0.05, 0) is 25.6 Å². The van der Waals surface area contributed by atoms with Crippen LogP contribution in [0.5, 0.6) is 0 Å². The van der Waals surface area contributed by atoms with E-state index in [2.05, 4.69) is 10.3 Å². The van der Waals surface area contributed by atoms with Gasteiger partial charge < -0.3 is 10.3 Å². The summed E-state index contributed by atoms with van der Waals surface area (Å²) in [5.41, 5.74) is 2.41. The van der Waals surface area contributed by atoms with Gasteiger partial charge in [0, 0.05) is 12.2 Å². The van der Waals surface area contributed by atoms with Crippen LogP contribution in [0.1, 0.15) is 11.3 Å². The zero-order valence-electron chi connectivity index (χ0n) is 6.77. The standard InChI is InChI=1S/C8H12N2S/c1-6-7(5-9-2)3-4-8(11)10-6/h3-4,9H,5H2,1-2H3,(H,10,11). The van der Waals surface area contributed by atoms with E-state index in [0.29, 0.717) is 0 Å². The number of hydrogen-bond acceptors (Lipinski definition) is 2. The van der Waals surface area contributed by atoms with Crippen LogP contribution in [0.15, 0.2) is 12.1 Å². The predicted octanol–water partition coefficient (Wildman–Crippen LogP) is 1.77. The molecule has 0 radical (unpaired) electrons. The highest BCUT2D eigenvalue weighted by atomic mass is 32.1. The van der Waals surface area contributed by atoms with Crippen LogP contribution in [0.4, 0.5) is 0 Å². The van der Waals surface area contributed by atoms with E-state index in [1.807, 2.05) is 26.1 Å². The van der Waals surface area contributed by atoms with Gasteiger partial charge in [-0.3, -0.25) is 0 Å². The maximum Gasteiger partial charge on any atom is 0.103 e. The topological polar surface area (TPSA) is 27.8 Å². The number of hydrogen-bond donors (Lipinski definition) is 2. The van der Waals surface area contributed by atoms with Crippen LogP contribution in [0.3, 0.4) is 0 Å². The Kier molecular flexibility index (Phi) is 2.79. The van der Waals surface area contributed by atoms with E-state index in [-0.39, 0.29) is 0 Å². The second kappa shape index (κ2) is 3.64. The molecule has 0 atom stereocenters. The third-order valence-corrected chi connectivity index (χ3v) is 1.83. The molecule has 0 aromatic carbocycles. The van der Waals surface area contributed by atoms with Gasteiger partial charge in [-0.1, -0.05) is 18.3 Å². The van der Waals surface area contributed by atoms with Gasteiger partial charge in [-0.25, -0.2) is 0 Å². The Morgan fingerprint density at radius 1 is 1.55 bits per heavy atom. The molecule has 0 aliphatic heterocycles. The molecule has 1 heterocycles. The molecule has 1 aromatic heterocycles. The molecule has 11 heavy (non-hydrogen) atoms. The maximum atomic E-state index is 4.97. The smallest absolute Gasteiger partial charge is 0.103 e. The number of rotatable bonds is 2. The Morgan fingerprint density at radius 2 is 2.27 bits per heavy atom. The average molecular weight is 168 g/mol. The summed E-state index contributed by atoms with van der Waals surface area (Å²) in [5.74, 6) is 0. The van der Waals surface area contributed by atoms with Crippen LogP contribution in [-0.4, -0.2) is 12.0 Å². The van der Waals surface area contributed by atoms with Gasteiger partial charge in [-0.2, -0.15) is 0 Å². The SMILES string of the molecule is CNCc1ccc(=S)[nH]c1C. The Morgan fingerprint density at radius 3 is 2.82 bits per heavy atom. The molecular formula is C8H12N2S. The molecule has 0 fully saturated rings. The lowest BCUT2D eigenvalue weighted by Crippen LogP contribution is -2.07. The van der Waals surface area contributed by atoms with Crippen molar-refractivity contribution in [2.24, 2.45) is 0 Å². The molecule has 2 N–H and O–H groups in total. The lowest BCUT2D eigenvalue weighted by Gasteiger charge is -2.03. The first-order valence-corrected chi connectivity index (χ1v) is 3.98. The van der Waals surface area contributed by atoms with Crippen molar-refractivity contribution in [3.8, 4) is 0 Å². The molecule has 0 amide bonds. The quantitative estimate of drug-likeness (QED) is 0.659. The lowest BCUT2D eigenvalue weighted by molar-refractivity contribution is 0.804. The average Bonchev–Trinajstić information content (AvgIpc) is 1.95. The highest BCUT2D eigenvalue weighted by Gasteiger charge is 1.94. The van der Waals surface area contributed by atoms with Gasteiger partial charge in [0.25, 0.3) is 0 Å². The molecule has 60 valence electrons. The van der Waals surface area contributed by atoms with Gasteiger partial charge in [0.1, 0.15) is 4.64 Å². The third kappa shape index (κ3) is 2.13. The van der Waals surface area contributed by atoms with Crippen LogP contribution in [0, 0.1) is 11.6 Å². The molecule has 3 heteroatoms. The summed E-state index contributed by atoms with van der Waals surface area (Å²) >= 11 is 4.97. The highest BCUT2D eigenvalue weighted by Crippen LogP contribution is 2.03. The number of pyridine rings is 1. The molecule has 2 nitrogen and oxygen atoms in total. The van der Waals surface area contributed by atoms with Gasteiger partial charge in [0.2, 0.25) is 0 Å². The summed E-state index contributed by atoms with van der Waals surface area (Å²) in [5, 5.41) is 3.09. The van der Waals surface area contributed by atoms with Crippen molar-refractivity contribution in [3.05, 3.63) is 28.0 Å². The molecule has 0 unspecified atom stereocenters. The number of aromatic nitrogens is 1. The Hall–Kier alpha value is -0.670. The van der Waals surface area contributed by atoms with Crippen LogP contribution >= 0.6 is 12.2 Å². The maximum absolute atomic E-state index is 4.97.